The summed E-state index contributed by atoms with van der Waals surface area (Å²) < 4.78 is 13.2. The maximum atomic E-state index is 13.2. The van der Waals surface area contributed by atoms with Crippen LogP contribution in [0.5, 0.6) is 0 Å². The van der Waals surface area contributed by atoms with Crippen molar-refractivity contribution in [1.82, 2.24) is 20.5 Å². The number of benzene rings is 2. The lowest BCUT2D eigenvalue weighted by atomic mass is 10.1. The molecule has 0 aliphatic carbocycles. The van der Waals surface area contributed by atoms with Crippen molar-refractivity contribution < 1.29 is 9.18 Å². The molecule has 2 aromatic carbocycles. The minimum absolute atomic E-state index is 0.219. The van der Waals surface area contributed by atoms with Gasteiger partial charge in [0.15, 0.2) is 0 Å². The summed E-state index contributed by atoms with van der Waals surface area (Å²) in [6, 6.07) is 12.3. The Morgan fingerprint density at radius 2 is 1.79 bits per heavy atom. The Morgan fingerprint density at radius 1 is 1.07 bits per heavy atom. The summed E-state index contributed by atoms with van der Waals surface area (Å²) in [5, 5.41) is 10.6. The van der Waals surface area contributed by atoms with E-state index in [0.717, 1.165) is 22.3 Å². The molecule has 6 heteroatoms. The second kappa shape index (κ2) is 7.23. The molecule has 0 saturated carbocycles. The SMILES string of the molecule is Cc1cc(C)cc(CNC(=O)c2cnc(-c3ccc(F)cc3)c3[nH]ncc23)c1. The normalized spacial score (nSPS) is 11.0. The van der Waals surface area contributed by atoms with E-state index in [1.807, 2.05) is 13.8 Å². The standard InChI is InChI=1S/C22H19FN4O/c1-13-7-14(2)9-15(8-13)10-25-22(28)19-11-24-20(21-18(19)12-26-27-21)16-3-5-17(23)6-4-16/h3-9,11-12H,10H2,1-2H3,(H,25,28)(H,26,27). The molecule has 0 saturated heterocycles. The van der Waals surface area contributed by atoms with E-state index in [1.165, 1.54) is 18.3 Å². The van der Waals surface area contributed by atoms with Gasteiger partial charge in [0.05, 0.1) is 23.0 Å². The molecule has 0 aliphatic heterocycles. The lowest BCUT2D eigenvalue weighted by Gasteiger charge is -2.09. The monoisotopic (exact) mass is 374 g/mol. The van der Waals surface area contributed by atoms with E-state index in [9.17, 15) is 9.18 Å². The molecular formula is C22H19FN4O. The van der Waals surface area contributed by atoms with Crippen LogP contribution in [0.1, 0.15) is 27.0 Å². The van der Waals surface area contributed by atoms with E-state index in [4.69, 9.17) is 0 Å². The number of aromatic amines is 1. The Bertz CT molecular complexity index is 1140. The van der Waals surface area contributed by atoms with E-state index in [2.05, 4.69) is 38.7 Å². The third kappa shape index (κ3) is 3.49. The van der Waals surface area contributed by atoms with Crippen LogP contribution in [0, 0.1) is 19.7 Å². The van der Waals surface area contributed by atoms with E-state index >= 15 is 0 Å². The van der Waals surface area contributed by atoms with Crippen LogP contribution in [0.4, 0.5) is 4.39 Å². The van der Waals surface area contributed by atoms with Crippen LogP contribution in [0.2, 0.25) is 0 Å². The van der Waals surface area contributed by atoms with Gasteiger partial charge in [0.1, 0.15) is 5.82 Å². The highest BCUT2D eigenvalue weighted by molar-refractivity contribution is 6.08. The van der Waals surface area contributed by atoms with Crippen LogP contribution < -0.4 is 5.32 Å². The third-order valence-electron chi connectivity index (χ3n) is 4.59. The Hall–Kier alpha value is -3.54. The van der Waals surface area contributed by atoms with Crippen molar-refractivity contribution in [3.63, 3.8) is 0 Å². The van der Waals surface area contributed by atoms with Gasteiger partial charge in [-0.05, 0) is 43.7 Å². The summed E-state index contributed by atoms with van der Waals surface area (Å²) in [5.74, 6) is -0.532. The molecule has 2 aromatic heterocycles. The van der Waals surface area contributed by atoms with E-state index in [1.54, 1.807) is 18.3 Å². The number of aromatic nitrogens is 3. The van der Waals surface area contributed by atoms with Crippen molar-refractivity contribution in [3.8, 4) is 11.3 Å². The lowest BCUT2D eigenvalue weighted by molar-refractivity contribution is 0.0952. The van der Waals surface area contributed by atoms with E-state index in [0.29, 0.717) is 28.7 Å². The molecule has 0 bridgehead atoms. The van der Waals surface area contributed by atoms with Crippen molar-refractivity contribution in [3.05, 3.63) is 82.9 Å². The summed E-state index contributed by atoms with van der Waals surface area (Å²) in [6.45, 7) is 4.50. The highest BCUT2D eigenvalue weighted by Gasteiger charge is 2.16. The first-order valence-electron chi connectivity index (χ1n) is 8.94. The molecular weight excluding hydrogens is 355 g/mol. The van der Waals surface area contributed by atoms with Gasteiger partial charge < -0.3 is 5.32 Å². The number of hydrogen-bond donors (Lipinski definition) is 2. The molecule has 0 unspecified atom stereocenters. The quantitative estimate of drug-likeness (QED) is 0.559. The fourth-order valence-electron chi connectivity index (χ4n) is 3.39. The molecule has 2 heterocycles. The Balaban J connectivity index is 1.62. The number of nitrogens with one attached hydrogen (secondary N) is 2. The summed E-state index contributed by atoms with van der Waals surface area (Å²) in [6.07, 6.45) is 3.14. The number of nitrogens with zero attached hydrogens (tertiary/aromatic N) is 2. The molecule has 0 aliphatic rings. The smallest absolute Gasteiger partial charge is 0.253 e. The second-order valence-electron chi connectivity index (χ2n) is 6.86. The minimum Gasteiger partial charge on any atom is -0.348 e. The zero-order valence-corrected chi connectivity index (χ0v) is 15.6. The number of pyridine rings is 1. The van der Waals surface area contributed by atoms with Gasteiger partial charge in [-0.15, -0.1) is 0 Å². The molecule has 4 aromatic rings. The largest absolute Gasteiger partial charge is 0.348 e. The van der Waals surface area contributed by atoms with Gasteiger partial charge in [-0.3, -0.25) is 14.9 Å². The van der Waals surface area contributed by atoms with E-state index < -0.39 is 0 Å². The zero-order chi connectivity index (χ0) is 19.7. The number of H-pyrrole nitrogens is 1. The average Bonchev–Trinajstić information content (AvgIpc) is 3.15. The number of carbonyl (C=O) groups excluding carboxylic acids is 1. The fourth-order valence-corrected chi connectivity index (χ4v) is 3.39. The molecule has 1 amide bonds. The molecule has 28 heavy (non-hydrogen) atoms. The Kier molecular flexibility index (Phi) is 4.61. The van der Waals surface area contributed by atoms with Crippen molar-refractivity contribution >= 4 is 16.8 Å². The van der Waals surface area contributed by atoms with Gasteiger partial charge in [0, 0.05) is 23.7 Å². The highest BCUT2D eigenvalue weighted by atomic mass is 19.1. The van der Waals surface area contributed by atoms with Crippen molar-refractivity contribution in [2.24, 2.45) is 0 Å². The van der Waals surface area contributed by atoms with Gasteiger partial charge in [-0.2, -0.15) is 5.10 Å². The summed E-state index contributed by atoms with van der Waals surface area (Å²) in [5.41, 5.74) is 5.82. The molecule has 2 N–H and O–H groups in total. The van der Waals surface area contributed by atoms with Crippen LogP contribution in [-0.4, -0.2) is 21.1 Å². The van der Waals surface area contributed by atoms with Crippen LogP contribution in [-0.2, 0) is 6.54 Å². The van der Waals surface area contributed by atoms with Gasteiger partial charge in [-0.25, -0.2) is 4.39 Å². The summed E-state index contributed by atoms with van der Waals surface area (Å²) >= 11 is 0. The van der Waals surface area contributed by atoms with Gasteiger partial charge in [0.25, 0.3) is 5.91 Å². The van der Waals surface area contributed by atoms with Crippen molar-refractivity contribution in [2.75, 3.05) is 0 Å². The van der Waals surface area contributed by atoms with Crippen molar-refractivity contribution in [1.29, 1.82) is 0 Å². The predicted octanol–water partition coefficient (Wildman–Crippen LogP) is 4.31. The first-order chi connectivity index (χ1) is 13.5. The number of aryl methyl sites for hydroxylation is 2. The van der Waals surface area contributed by atoms with Gasteiger partial charge in [0.2, 0.25) is 0 Å². The fraction of sp³-hybridized carbons (Fsp3) is 0.136. The maximum Gasteiger partial charge on any atom is 0.253 e. The molecule has 140 valence electrons. The molecule has 0 radical (unpaired) electrons. The Morgan fingerprint density at radius 3 is 2.50 bits per heavy atom. The molecule has 0 fully saturated rings. The number of amides is 1. The highest BCUT2D eigenvalue weighted by Crippen LogP contribution is 2.27. The number of hydrogen-bond acceptors (Lipinski definition) is 3. The summed E-state index contributed by atoms with van der Waals surface area (Å²) in [4.78, 5) is 17.2. The van der Waals surface area contributed by atoms with Crippen LogP contribution >= 0.6 is 0 Å². The predicted molar refractivity (Wildman–Crippen MR) is 106 cm³/mol. The van der Waals surface area contributed by atoms with Crippen molar-refractivity contribution in [2.45, 2.75) is 20.4 Å². The minimum atomic E-state index is -0.313. The van der Waals surface area contributed by atoms with Gasteiger partial charge >= 0.3 is 0 Å². The topological polar surface area (TPSA) is 70.7 Å². The number of carbonyl (C=O) groups is 1. The molecule has 0 atom stereocenters. The van der Waals surface area contributed by atoms with Gasteiger partial charge in [-0.1, -0.05) is 29.3 Å². The van der Waals surface area contributed by atoms with Crippen LogP contribution in [0.25, 0.3) is 22.2 Å². The molecule has 0 spiro atoms. The third-order valence-corrected chi connectivity index (χ3v) is 4.59. The number of fused-ring (bicyclic) bond motifs is 1. The number of rotatable bonds is 4. The average molecular weight is 374 g/mol. The van der Waals surface area contributed by atoms with E-state index in [-0.39, 0.29) is 11.7 Å². The molecule has 4 rings (SSSR count). The Labute approximate surface area is 161 Å². The zero-order valence-electron chi connectivity index (χ0n) is 15.6. The van der Waals surface area contributed by atoms with Crippen LogP contribution in [0.3, 0.4) is 0 Å². The maximum absolute atomic E-state index is 13.2. The number of halogens is 1. The second-order valence-corrected chi connectivity index (χ2v) is 6.86. The lowest BCUT2D eigenvalue weighted by Crippen LogP contribution is -2.23. The first kappa shape index (κ1) is 17.9. The first-order valence-corrected chi connectivity index (χ1v) is 8.94. The van der Waals surface area contributed by atoms with Crippen LogP contribution in [0.15, 0.2) is 54.9 Å². The molecule has 5 nitrogen and oxygen atoms in total. The summed E-state index contributed by atoms with van der Waals surface area (Å²) in [7, 11) is 0.